The Morgan fingerprint density at radius 1 is 1.31 bits per heavy atom. The first-order chi connectivity index (χ1) is 5.91. The third-order valence-electron chi connectivity index (χ3n) is 2.75. The van der Waals surface area contributed by atoms with Gasteiger partial charge in [0, 0.05) is 13.1 Å². The summed E-state index contributed by atoms with van der Waals surface area (Å²) in [4.78, 5) is 2.37. The molecule has 0 heterocycles. The molecule has 0 rings (SSSR count). The average molecular weight is 183 g/mol. The normalized spacial score (nSPS) is 14.9. The predicted molar refractivity (Wildman–Crippen MR) is 60.7 cm³/mol. The molecule has 0 saturated carbocycles. The lowest BCUT2D eigenvalue weighted by molar-refractivity contribution is 0.200. The Labute approximate surface area is 83.8 Å². The SMILES string of the molecule is C/C=C\N(CC)CC(C)C(C)(C)C. The van der Waals surface area contributed by atoms with Crippen molar-refractivity contribution in [3.63, 3.8) is 0 Å². The van der Waals surface area contributed by atoms with Crippen molar-refractivity contribution in [1.29, 1.82) is 0 Å². The van der Waals surface area contributed by atoms with Gasteiger partial charge in [-0.1, -0.05) is 33.8 Å². The van der Waals surface area contributed by atoms with Gasteiger partial charge in [0.1, 0.15) is 0 Å². The van der Waals surface area contributed by atoms with Gasteiger partial charge in [-0.3, -0.25) is 0 Å². The molecular weight excluding hydrogens is 158 g/mol. The van der Waals surface area contributed by atoms with Crippen LogP contribution >= 0.6 is 0 Å². The smallest absolute Gasteiger partial charge is 0.0202 e. The molecule has 0 aliphatic carbocycles. The molecular formula is C12H25N. The van der Waals surface area contributed by atoms with E-state index >= 15 is 0 Å². The molecule has 1 atom stereocenters. The molecule has 0 spiro atoms. The summed E-state index contributed by atoms with van der Waals surface area (Å²) in [5.41, 5.74) is 0.412. The molecule has 0 saturated heterocycles. The predicted octanol–water partition coefficient (Wildman–Crippen LogP) is 3.52. The minimum Gasteiger partial charge on any atom is -0.378 e. The van der Waals surface area contributed by atoms with Crippen molar-refractivity contribution in [3.8, 4) is 0 Å². The van der Waals surface area contributed by atoms with Gasteiger partial charge in [-0.15, -0.1) is 0 Å². The Balaban J connectivity index is 4.09. The molecule has 0 radical (unpaired) electrons. The van der Waals surface area contributed by atoms with Crippen molar-refractivity contribution in [2.75, 3.05) is 13.1 Å². The highest BCUT2D eigenvalue weighted by Crippen LogP contribution is 2.25. The minimum absolute atomic E-state index is 0.412. The lowest BCUT2D eigenvalue weighted by Crippen LogP contribution is -2.30. The average Bonchev–Trinajstić information content (AvgIpc) is 2.01. The summed E-state index contributed by atoms with van der Waals surface area (Å²) in [5, 5.41) is 0. The van der Waals surface area contributed by atoms with E-state index in [0.29, 0.717) is 5.41 Å². The lowest BCUT2D eigenvalue weighted by Gasteiger charge is -2.32. The Kier molecular flexibility index (Phi) is 5.12. The number of hydrogen-bond acceptors (Lipinski definition) is 1. The zero-order valence-corrected chi connectivity index (χ0v) is 10.1. The van der Waals surface area contributed by atoms with Crippen LogP contribution in [0.5, 0.6) is 0 Å². The second-order valence-electron chi connectivity index (χ2n) is 4.84. The van der Waals surface area contributed by atoms with Gasteiger partial charge in [-0.25, -0.2) is 0 Å². The molecule has 0 aliphatic rings. The molecule has 1 unspecified atom stereocenters. The van der Waals surface area contributed by atoms with E-state index in [2.05, 4.69) is 58.7 Å². The Hall–Kier alpha value is -0.460. The van der Waals surface area contributed by atoms with Crippen LogP contribution in [0.25, 0.3) is 0 Å². The first-order valence-electron chi connectivity index (χ1n) is 5.28. The van der Waals surface area contributed by atoms with Crippen LogP contribution in [0.15, 0.2) is 12.3 Å². The molecule has 0 aromatic carbocycles. The number of allylic oxidation sites excluding steroid dienone is 1. The van der Waals surface area contributed by atoms with Gasteiger partial charge in [0.05, 0.1) is 0 Å². The molecule has 0 bridgehead atoms. The van der Waals surface area contributed by atoms with Gasteiger partial charge in [-0.2, -0.15) is 0 Å². The first kappa shape index (κ1) is 12.5. The zero-order valence-electron chi connectivity index (χ0n) is 10.1. The summed E-state index contributed by atoms with van der Waals surface area (Å²) < 4.78 is 0. The summed E-state index contributed by atoms with van der Waals surface area (Å²) >= 11 is 0. The molecule has 0 amide bonds. The van der Waals surface area contributed by atoms with Crippen LogP contribution in [0.4, 0.5) is 0 Å². The Morgan fingerprint density at radius 2 is 1.85 bits per heavy atom. The molecule has 78 valence electrons. The standard InChI is InChI=1S/C12H25N/c1-7-9-13(8-2)10-11(3)12(4,5)6/h7,9,11H,8,10H2,1-6H3/b9-7-. The largest absolute Gasteiger partial charge is 0.378 e. The highest BCUT2D eigenvalue weighted by Gasteiger charge is 2.20. The van der Waals surface area contributed by atoms with Gasteiger partial charge in [0.2, 0.25) is 0 Å². The van der Waals surface area contributed by atoms with Crippen LogP contribution in [0.2, 0.25) is 0 Å². The Bertz CT molecular complexity index is 153. The second-order valence-corrected chi connectivity index (χ2v) is 4.84. The van der Waals surface area contributed by atoms with E-state index in [9.17, 15) is 0 Å². The maximum absolute atomic E-state index is 2.37. The summed E-state index contributed by atoms with van der Waals surface area (Å²) in [6.07, 6.45) is 4.29. The monoisotopic (exact) mass is 183 g/mol. The van der Waals surface area contributed by atoms with Crippen LogP contribution in [-0.2, 0) is 0 Å². The number of nitrogens with zero attached hydrogens (tertiary/aromatic N) is 1. The second kappa shape index (κ2) is 5.31. The summed E-state index contributed by atoms with van der Waals surface area (Å²) in [5.74, 6) is 0.726. The first-order valence-corrected chi connectivity index (χ1v) is 5.28. The van der Waals surface area contributed by atoms with Crippen molar-refractivity contribution in [2.45, 2.75) is 41.5 Å². The number of rotatable bonds is 4. The van der Waals surface area contributed by atoms with Gasteiger partial charge >= 0.3 is 0 Å². The molecule has 0 N–H and O–H groups in total. The summed E-state index contributed by atoms with van der Waals surface area (Å²) in [6.45, 7) is 15.8. The van der Waals surface area contributed by atoms with E-state index in [4.69, 9.17) is 0 Å². The van der Waals surface area contributed by atoms with Crippen molar-refractivity contribution < 1.29 is 0 Å². The van der Waals surface area contributed by atoms with Crippen LogP contribution in [0.3, 0.4) is 0 Å². The highest BCUT2D eigenvalue weighted by molar-refractivity contribution is 4.81. The number of hydrogen-bond donors (Lipinski definition) is 0. The van der Waals surface area contributed by atoms with Gasteiger partial charge in [-0.05, 0) is 31.4 Å². The Morgan fingerprint density at radius 3 is 2.15 bits per heavy atom. The quantitative estimate of drug-likeness (QED) is 0.644. The van der Waals surface area contributed by atoms with Crippen molar-refractivity contribution >= 4 is 0 Å². The fraction of sp³-hybridized carbons (Fsp3) is 0.833. The van der Waals surface area contributed by atoms with Crippen molar-refractivity contribution in [1.82, 2.24) is 4.90 Å². The van der Waals surface area contributed by atoms with E-state index in [1.54, 1.807) is 0 Å². The lowest BCUT2D eigenvalue weighted by atomic mass is 9.82. The zero-order chi connectivity index (χ0) is 10.5. The molecule has 0 aromatic heterocycles. The van der Waals surface area contributed by atoms with Gasteiger partial charge in [0.25, 0.3) is 0 Å². The van der Waals surface area contributed by atoms with E-state index in [-0.39, 0.29) is 0 Å². The molecule has 1 heteroatoms. The molecule has 0 aliphatic heterocycles. The van der Waals surface area contributed by atoms with Gasteiger partial charge in [0.15, 0.2) is 0 Å². The van der Waals surface area contributed by atoms with Crippen molar-refractivity contribution in [3.05, 3.63) is 12.3 Å². The summed E-state index contributed by atoms with van der Waals surface area (Å²) in [7, 11) is 0. The van der Waals surface area contributed by atoms with Crippen molar-refractivity contribution in [2.24, 2.45) is 11.3 Å². The van der Waals surface area contributed by atoms with Gasteiger partial charge < -0.3 is 4.90 Å². The van der Waals surface area contributed by atoms with Crippen LogP contribution < -0.4 is 0 Å². The van der Waals surface area contributed by atoms with Crippen LogP contribution in [0.1, 0.15) is 41.5 Å². The maximum atomic E-state index is 2.37. The third-order valence-corrected chi connectivity index (χ3v) is 2.75. The van der Waals surface area contributed by atoms with E-state index < -0.39 is 0 Å². The molecule has 13 heavy (non-hydrogen) atoms. The fourth-order valence-corrected chi connectivity index (χ4v) is 1.13. The van der Waals surface area contributed by atoms with E-state index in [0.717, 1.165) is 19.0 Å². The topological polar surface area (TPSA) is 3.24 Å². The minimum atomic E-state index is 0.412. The summed E-state index contributed by atoms with van der Waals surface area (Å²) in [6, 6.07) is 0. The third kappa shape index (κ3) is 4.97. The van der Waals surface area contributed by atoms with Crippen LogP contribution in [0, 0.1) is 11.3 Å². The fourth-order valence-electron chi connectivity index (χ4n) is 1.13. The van der Waals surface area contributed by atoms with E-state index in [1.807, 2.05) is 0 Å². The molecule has 1 nitrogen and oxygen atoms in total. The van der Waals surface area contributed by atoms with Crippen LogP contribution in [-0.4, -0.2) is 18.0 Å². The molecule has 0 aromatic rings. The highest BCUT2D eigenvalue weighted by atomic mass is 15.1. The maximum Gasteiger partial charge on any atom is 0.0202 e. The van der Waals surface area contributed by atoms with E-state index in [1.165, 1.54) is 0 Å². The molecule has 0 fully saturated rings.